The van der Waals surface area contributed by atoms with E-state index < -0.39 is 0 Å². The normalized spacial score (nSPS) is 11.9. The Morgan fingerprint density at radius 2 is 1.90 bits per heavy atom. The van der Waals surface area contributed by atoms with E-state index in [4.69, 9.17) is 4.74 Å². The molecule has 0 aliphatic rings. The zero-order chi connectivity index (χ0) is 20.2. The molecule has 0 saturated carbocycles. The average Bonchev–Trinajstić information content (AvgIpc) is 3.09. The minimum Gasteiger partial charge on any atom is -0.494 e. The maximum Gasteiger partial charge on any atom is 0.268 e. The van der Waals surface area contributed by atoms with E-state index in [1.54, 1.807) is 12.4 Å². The second-order valence-electron chi connectivity index (χ2n) is 6.87. The first kappa shape index (κ1) is 18.7. The second kappa shape index (κ2) is 8.19. The highest BCUT2D eigenvalue weighted by Gasteiger charge is 2.21. The van der Waals surface area contributed by atoms with Gasteiger partial charge in [0, 0.05) is 23.3 Å². The van der Waals surface area contributed by atoms with Gasteiger partial charge in [-0.25, -0.2) is 0 Å². The smallest absolute Gasteiger partial charge is 0.268 e. The Balaban J connectivity index is 1.68. The molecular weight excluding hydrogens is 362 g/mol. The van der Waals surface area contributed by atoms with Crippen LogP contribution in [-0.2, 0) is 0 Å². The number of nitrogens with one attached hydrogen (secondary N) is 2. The van der Waals surface area contributed by atoms with Crippen LogP contribution in [0.25, 0.3) is 10.9 Å². The van der Waals surface area contributed by atoms with E-state index in [1.165, 1.54) is 0 Å². The Morgan fingerprint density at radius 1 is 1.10 bits per heavy atom. The molecule has 1 atom stereocenters. The number of hydrogen-bond donors (Lipinski definition) is 2. The predicted octanol–water partition coefficient (Wildman–Crippen LogP) is 4.79. The third-order valence-corrected chi connectivity index (χ3v) is 4.99. The molecule has 146 valence electrons. The van der Waals surface area contributed by atoms with Crippen LogP contribution in [0.15, 0.2) is 73.1 Å². The lowest BCUT2D eigenvalue weighted by atomic mass is 10.00. The summed E-state index contributed by atoms with van der Waals surface area (Å²) in [6.07, 6.45) is 3.51. The second-order valence-corrected chi connectivity index (χ2v) is 6.87. The lowest BCUT2D eigenvalue weighted by Crippen LogP contribution is -2.30. The van der Waals surface area contributed by atoms with Crippen LogP contribution >= 0.6 is 0 Å². The highest BCUT2D eigenvalue weighted by molar-refractivity contribution is 6.01. The van der Waals surface area contributed by atoms with Gasteiger partial charge in [-0.2, -0.15) is 0 Å². The molecule has 0 saturated heterocycles. The van der Waals surface area contributed by atoms with Crippen LogP contribution in [0, 0.1) is 6.92 Å². The van der Waals surface area contributed by atoms with E-state index in [1.807, 2.05) is 74.5 Å². The zero-order valence-electron chi connectivity index (χ0n) is 16.5. The van der Waals surface area contributed by atoms with Gasteiger partial charge in [0.2, 0.25) is 0 Å². The van der Waals surface area contributed by atoms with E-state index in [0.717, 1.165) is 33.3 Å². The van der Waals surface area contributed by atoms with E-state index in [-0.39, 0.29) is 11.9 Å². The number of aromatic amines is 1. The predicted molar refractivity (Wildman–Crippen MR) is 114 cm³/mol. The van der Waals surface area contributed by atoms with Crippen LogP contribution in [-0.4, -0.2) is 22.5 Å². The van der Waals surface area contributed by atoms with E-state index in [2.05, 4.69) is 15.3 Å². The highest BCUT2D eigenvalue weighted by Crippen LogP contribution is 2.27. The van der Waals surface area contributed by atoms with Gasteiger partial charge in [-0.1, -0.05) is 36.4 Å². The number of ether oxygens (including phenoxy) is 1. The number of H-pyrrole nitrogens is 1. The maximum absolute atomic E-state index is 13.2. The van der Waals surface area contributed by atoms with Crippen molar-refractivity contribution < 1.29 is 9.53 Å². The topological polar surface area (TPSA) is 67.0 Å². The first-order valence-electron chi connectivity index (χ1n) is 9.68. The van der Waals surface area contributed by atoms with Crippen molar-refractivity contribution in [1.82, 2.24) is 15.3 Å². The molecule has 0 spiro atoms. The summed E-state index contributed by atoms with van der Waals surface area (Å²) < 4.78 is 5.60. The lowest BCUT2D eigenvalue weighted by Gasteiger charge is -2.19. The van der Waals surface area contributed by atoms with Gasteiger partial charge in [-0.15, -0.1) is 0 Å². The Labute approximate surface area is 169 Å². The van der Waals surface area contributed by atoms with Crippen molar-refractivity contribution in [3.63, 3.8) is 0 Å². The van der Waals surface area contributed by atoms with Gasteiger partial charge in [0.15, 0.2) is 0 Å². The van der Waals surface area contributed by atoms with Crippen molar-refractivity contribution in [2.45, 2.75) is 19.9 Å². The van der Waals surface area contributed by atoms with Crippen LogP contribution in [0.3, 0.4) is 0 Å². The van der Waals surface area contributed by atoms with Gasteiger partial charge in [0.1, 0.15) is 11.4 Å². The summed E-state index contributed by atoms with van der Waals surface area (Å²) in [5.41, 5.74) is 4.30. The third kappa shape index (κ3) is 3.85. The van der Waals surface area contributed by atoms with Gasteiger partial charge in [-0.05, 0) is 54.8 Å². The Bertz CT molecular complexity index is 1080. The quantitative estimate of drug-likeness (QED) is 0.501. The molecule has 5 nitrogen and oxygen atoms in total. The molecule has 1 amide bonds. The van der Waals surface area contributed by atoms with Crippen molar-refractivity contribution in [1.29, 1.82) is 0 Å². The fraction of sp³-hybridized carbons (Fsp3) is 0.167. The van der Waals surface area contributed by atoms with Gasteiger partial charge >= 0.3 is 0 Å². The van der Waals surface area contributed by atoms with Crippen molar-refractivity contribution in [2.24, 2.45) is 0 Å². The summed E-state index contributed by atoms with van der Waals surface area (Å²) >= 11 is 0. The summed E-state index contributed by atoms with van der Waals surface area (Å²) in [6.45, 7) is 4.51. The van der Waals surface area contributed by atoms with E-state index >= 15 is 0 Å². The molecule has 2 aromatic carbocycles. The van der Waals surface area contributed by atoms with Crippen molar-refractivity contribution in [2.75, 3.05) is 6.61 Å². The third-order valence-electron chi connectivity index (χ3n) is 4.99. The standard InChI is InChI=1S/C24H23N3O2/c1-3-29-19-11-12-21-20(14-19)16(2)22(26-21)24(28)27-23(17-8-5-4-6-9-17)18-10-7-13-25-15-18/h4-15,23,26H,3H2,1-2H3,(H,27,28). The van der Waals surface area contributed by atoms with Gasteiger partial charge in [0.25, 0.3) is 5.91 Å². The molecule has 29 heavy (non-hydrogen) atoms. The minimum atomic E-state index is -0.290. The molecule has 2 aromatic heterocycles. The molecule has 0 aliphatic carbocycles. The molecule has 5 heteroatoms. The summed E-state index contributed by atoms with van der Waals surface area (Å²) in [6, 6.07) is 19.3. The molecule has 0 aliphatic heterocycles. The van der Waals surface area contributed by atoms with Crippen LogP contribution < -0.4 is 10.1 Å². The maximum atomic E-state index is 13.2. The number of aryl methyl sites for hydroxylation is 1. The largest absolute Gasteiger partial charge is 0.494 e. The molecule has 0 radical (unpaired) electrons. The Morgan fingerprint density at radius 3 is 2.62 bits per heavy atom. The molecule has 4 aromatic rings. The van der Waals surface area contributed by atoms with Crippen molar-refractivity contribution in [3.8, 4) is 5.75 Å². The Hall–Kier alpha value is -3.60. The average molecular weight is 385 g/mol. The molecule has 1 unspecified atom stereocenters. The molecule has 2 heterocycles. The van der Waals surface area contributed by atoms with Crippen molar-refractivity contribution >= 4 is 16.8 Å². The summed E-state index contributed by atoms with van der Waals surface area (Å²) in [5.74, 6) is 0.640. The van der Waals surface area contributed by atoms with E-state index in [9.17, 15) is 4.79 Å². The molecule has 0 fully saturated rings. The molecular formula is C24H23N3O2. The number of pyridine rings is 1. The van der Waals surface area contributed by atoms with Crippen LogP contribution in [0.4, 0.5) is 0 Å². The number of carbonyl (C=O) groups is 1. The number of fused-ring (bicyclic) bond motifs is 1. The monoisotopic (exact) mass is 385 g/mol. The number of rotatable bonds is 6. The first-order valence-corrected chi connectivity index (χ1v) is 9.68. The number of benzene rings is 2. The number of amides is 1. The SMILES string of the molecule is CCOc1ccc2[nH]c(C(=O)NC(c3ccccc3)c3cccnc3)c(C)c2c1. The zero-order valence-corrected chi connectivity index (χ0v) is 16.5. The van der Waals surface area contributed by atoms with Crippen LogP contribution in [0.1, 0.15) is 40.1 Å². The van der Waals surface area contributed by atoms with E-state index in [0.29, 0.717) is 12.3 Å². The molecule has 4 rings (SSSR count). The fourth-order valence-electron chi connectivity index (χ4n) is 3.54. The van der Waals surface area contributed by atoms with Gasteiger partial charge in [0.05, 0.1) is 12.6 Å². The summed E-state index contributed by atoms with van der Waals surface area (Å²) in [4.78, 5) is 20.7. The first-order chi connectivity index (χ1) is 14.2. The fourth-order valence-corrected chi connectivity index (χ4v) is 3.54. The van der Waals surface area contributed by atoms with Crippen LogP contribution in [0.2, 0.25) is 0 Å². The minimum absolute atomic E-state index is 0.158. The van der Waals surface area contributed by atoms with Gasteiger partial charge < -0.3 is 15.0 Å². The van der Waals surface area contributed by atoms with Gasteiger partial charge in [-0.3, -0.25) is 9.78 Å². The Kier molecular flexibility index (Phi) is 5.29. The highest BCUT2D eigenvalue weighted by atomic mass is 16.5. The number of aromatic nitrogens is 2. The summed E-state index contributed by atoms with van der Waals surface area (Å²) in [7, 11) is 0. The van der Waals surface area contributed by atoms with Crippen molar-refractivity contribution in [3.05, 3.63) is 95.4 Å². The summed E-state index contributed by atoms with van der Waals surface area (Å²) in [5, 5.41) is 4.15. The molecule has 0 bridgehead atoms. The number of carbonyl (C=O) groups excluding carboxylic acids is 1. The number of nitrogens with zero attached hydrogens (tertiary/aromatic N) is 1. The number of hydrogen-bond acceptors (Lipinski definition) is 3. The van der Waals surface area contributed by atoms with Crippen LogP contribution in [0.5, 0.6) is 5.75 Å². The lowest BCUT2D eigenvalue weighted by molar-refractivity contribution is 0.0938. The molecule has 2 N–H and O–H groups in total.